The van der Waals surface area contributed by atoms with Crippen molar-refractivity contribution in [2.75, 3.05) is 44.2 Å². The second-order valence-corrected chi connectivity index (χ2v) is 7.75. The molecular weight excluding hydrogens is 446 g/mol. The maximum atomic E-state index is 13.9. The van der Waals surface area contributed by atoms with E-state index in [1.165, 1.54) is 24.3 Å². The van der Waals surface area contributed by atoms with Crippen LogP contribution in [0, 0.1) is 5.82 Å². The third-order valence-electron chi connectivity index (χ3n) is 4.85. The molecule has 0 bridgehead atoms. The highest BCUT2D eigenvalue weighted by atomic mass is 35.5. The van der Waals surface area contributed by atoms with E-state index in [4.69, 9.17) is 23.2 Å². The molecule has 7 nitrogen and oxygen atoms in total. The minimum atomic E-state index is -0.521. The number of nitrogens with zero attached hydrogens (tertiary/aromatic N) is 2. The fourth-order valence-corrected chi connectivity index (χ4v) is 3.68. The monoisotopic (exact) mass is 466 g/mol. The van der Waals surface area contributed by atoms with E-state index in [0.717, 1.165) is 0 Å². The van der Waals surface area contributed by atoms with Gasteiger partial charge >= 0.3 is 0 Å². The molecule has 0 unspecified atom stereocenters. The Bertz CT molecular complexity index is 981. The molecule has 10 heteroatoms. The van der Waals surface area contributed by atoms with Gasteiger partial charge in [-0.1, -0.05) is 35.3 Å². The van der Waals surface area contributed by atoms with Gasteiger partial charge in [-0.25, -0.2) is 4.39 Å². The first kappa shape index (κ1) is 22.8. The van der Waals surface area contributed by atoms with Gasteiger partial charge in [0.1, 0.15) is 5.82 Å². The number of hydrogen-bond acceptors (Lipinski definition) is 4. The van der Waals surface area contributed by atoms with E-state index in [9.17, 15) is 18.8 Å². The minimum absolute atomic E-state index is 0.176. The van der Waals surface area contributed by atoms with Gasteiger partial charge < -0.3 is 20.4 Å². The third-order valence-corrected chi connectivity index (χ3v) is 5.40. The average molecular weight is 467 g/mol. The maximum Gasteiger partial charge on any atom is 0.253 e. The summed E-state index contributed by atoms with van der Waals surface area (Å²) in [6, 6.07) is 10.9. The molecule has 1 aliphatic rings. The quantitative estimate of drug-likeness (QED) is 0.684. The number of carbonyl (C=O) groups excluding carboxylic acids is 3. The van der Waals surface area contributed by atoms with E-state index in [2.05, 4.69) is 10.6 Å². The summed E-state index contributed by atoms with van der Waals surface area (Å²) in [5, 5.41) is 5.51. The molecular formula is C21H21Cl2FN4O3. The number of benzene rings is 2. The van der Waals surface area contributed by atoms with Crippen molar-refractivity contribution in [3.05, 3.63) is 63.9 Å². The zero-order valence-electron chi connectivity index (χ0n) is 16.5. The molecule has 1 fully saturated rings. The molecule has 2 aromatic carbocycles. The molecule has 2 N–H and O–H groups in total. The summed E-state index contributed by atoms with van der Waals surface area (Å²) in [4.78, 5) is 39.9. The molecule has 2 aromatic rings. The molecule has 1 heterocycles. The highest BCUT2D eigenvalue weighted by molar-refractivity contribution is 6.36. The molecule has 0 radical (unpaired) electrons. The molecule has 3 rings (SSSR count). The molecule has 164 valence electrons. The molecule has 0 aliphatic carbocycles. The number of rotatable bonds is 6. The third kappa shape index (κ3) is 6.08. The van der Waals surface area contributed by atoms with Crippen LogP contribution in [-0.2, 0) is 9.59 Å². The molecule has 1 aliphatic heterocycles. The first-order valence-electron chi connectivity index (χ1n) is 9.62. The summed E-state index contributed by atoms with van der Waals surface area (Å²) in [7, 11) is 0. The number of hydrogen-bond donors (Lipinski definition) is 2. The number of halogens is 3. The van der Waals surface area contributed by atoms with Crippen molar-refractivity contribution in [2.45, 2.75) is 0 Å². The molecule has 0 spiro atoms. The summed E-state index contributed by atoms with van der Waals surface area (Å²) in [6.07, 6.45) is 0. The molecule has 1 saturated heterocycles. The Morgan fingerprint density at radius 1 is 0.935 bits per heavy atom. The Kier molecular flexibility index (Phi) is 7.70. The van der Waals surface area contributed by atoms with Gasteiger partial charge in [0, 0.05) is 31.2 Å². The topological polar surface area (TPSA) is 81.8 Å². The van der Waals surface area contributed by atoms with Crippen LogP contribution in [0.1, 0.15) is 10.4 Å². The van der Waals surface area contributed by atoms with Crippen molar-refractivity contribution in [1.82, 2.24) is 15.5 Å². The van der Waals surface area contributed by atoms with Gasteiger partial charge in [0.15, 0.2) is 0 Å². The molecule has 0 aromatic heterocycles. The lowest BCUT2D eigenvalue weighted by Crippen LogP contribution is -2.52. The van der Waals surface area contributed by atoms with Crippen molar-refractivity contribution >= 4 is 46.6 Å². The minimum Gasteiger partial charge on any atom is -0.366 e. The highest BCUT2D eigenvalue weighted by Gasteiger charge is 2.23. The Labute approximate surface area is 189 Å². The van der Waals surface area contributed by atoms with Crippen molar-refractivity contribution in [3.8, 4) is 0 Å². The number of amides is 3. The van der Waals surface area contributed by atoms with E-state index >= 15 is 0 Å². The van der Waals surface area contributed by atoms with Crippen LogP contribution < -0.4 is 15.5 Å². The summed E-state index contributed by atoms with van der Waals surface area (Å²) < 4.78 is 13.9. The van der Waals surface area contributed by atoms with Crippen LogP contribution in [0.4, 0.5) is 10.1 Å². The highest BCUT2D eigenvalue weighted by Crippen LogP contribution is 2.21. The lowest BCUT2D eigenvalue weighted by molar-refractivity contribution is -0.132. The Balaban J connectivity index is 1.40. The molecule has 31 heavy (non-hydrogen) atoms. The van der Waals surface area contributed by atoms with Crippen LogP contribution in [0.5, 0.6) is 0 Å². The second kappa shape index (κ2) is 10.5. The summed E-state index contributed by atoms with van der Waals surface area (Å²) >= 11 is 11.8. The number of carbonyl (C=O) groups is 3. The van der Waals surface area contributed by atoms with Crippen LogP contribution in [0.15, 0.2) is 42.5 Å². The van der Waals surface area contributed by atoms with Crippen molar-refractivity contribution in [1.29, 1.82) is 0 Å². The van der Waals surface area contributed by atoms with Gasteiger partial charge in [0.05, 0.1) is 29.4 Å². The number of anilines is 1. The largest absolute Gasteiger partial charge is 0.366 e. The van der Waals surface area contributed by atoms with Crippen LogP contribution in [0.2, 0.25) is 10.0 Å². The SMILES string of the molecule is O=C(CNC(=O)c1ccc(Cl)cc1Cl)NCC(=O)N1CCN(c2ccccc2F)CC1. The summed E-state index contributed by atoms with van der Waals surface area (Å²) in [5.74, 6) is -1.56. The van der Waals surface area contributed by atoms with Crippen molar-refractivity contribution < 1.29 is 18.8 Å². The van der Waals surface area contributed by atoms with Gasteiger partial charge in [-0.3, -0.25) is 14.4 Å². The Morgan fingerprint density at radius 2 is 1.65 bits per heavy atom. The summed E-state index contributed by atoms with van der Waals surface area (Å²) in [5.41, 5.74) is 0.710. The van der Waals surface area contributed by atoms with Gasteiger partial charge in [-0.2, -0.15) is 0 Å². The van der Waals surface area contributed by atoms with Crippen LogP contribution in [-0.4, -0.2) is 61.9 Å². The fourth-order valence-electron chi connectivity index (χ4n) is 3.18. The van der Waals surface area contributed by atoms with Gasteiger partial charge in [0.2, 0.25) is 11.8 Å². The van der Waals surface area contributed by atoms with Gasteiger partial charge in [-0.15, -0.1) is 0 Å². The molecule has 0 atom stereocenters. The average Bonchev–Trinajstić information content (AvgIpc) is 2.76. The van der Waals surface area contributed by atoms with Crippen LogP contribution >= 0.6 is 23.2 Å². The lowest BCUT2D eigenvalue weighted by Gasteiger charge is -2.36. The van der Waals surface area contributed by atoms with Crippen molar-refractivity contribution in [2.24, 2.45) is 0 Å². The zero-order chi connectivity index (χ0) is 22.4. The number of piperazine rings is 1. The second-order valence-electron chi connectivity index (χ2n) is 6.90. The van der Waals surface area contributed by atoms with Crippen molar-refractivity contribution in [3.63, 3.8) is 0 Å². The zero-order valence-corrected chi connectivity index (χ0v) is 18.0. The number of nitrogens with one attached hydrogen (secondary N) is 2. The first-order valence-corrected chi connectivity index (χ1v) is 10.4. The lowest BCUT2D eigenvalue weighted by atomic mass is 10.2. The smallest absolute Gasteiger partial charge is 0.253 e. The van der Waals surface area contributed by atoms with Crippen LogP contribution in [0.25, 0.3) is 0 Å². The van der Waals surface area contributed by atoms with E-state index in [0.29, 0.717) is 36.9 Å². The predicted octanol–water partition coefficient (Wildman–Crippen LogP) is 2.33. The van der Waals surface area contributed by atoms with Gasteiger partial charge in [0.25, 0.3) is 5.91 Å². The summed E-state index contributed by atoms with van der Waals surface area (Å²) in [6.45, 7) is 1.36. The van der Waals surface area contributed by atoms with Crippen LogP contribution in [0.3, 0.4) is 0 Å². The Morgan fingerprint density at radius 3 is 2.32 bits per heavy atom. The van der Waals surface area contributed by atoms with E-state index in [1.807, 2.05) is 4.90 Å². The first-order chi connectivity index (χ1) is 14.8. The van der Waals surface area contributed by atoms with E-state index < -0.39 is 11.8 Å². The molecule has 0 saturated carbocycles. The number of para-hydroxylation sites is 1. The predicted molar refractivity (Wildman–Crippen MR) is 117 cm³/mol. The normalized spacial score (nSPS) is 13.6. The van der Waals surface area contributed by atoms with E-state index in [1.54, 1.807) is 23.1 Å². The van der Waals surface area contributed by atoms with E-state index in [-0.39, 0.29) is 35.4 Å². The van der Waals surface area contributed by atoms with Gasteiger partial charge in [-0.05, 0) is 30.3 Å². The fraction of sp³-hybridized carbons (Fsp3) is 0.286. The molecule has 3 amide bonds. The maximum absolute atomic E-state index is 13.9. The standard InChI is InChI=1S/C21H21Cl2FN4O3/c22-14-5-6-15(16(23)11-14)21(31)26-12-19(29)25-13-20(30)28-9-7-27(8-10-28)18-4-2-1-3-17(18)24/h1-6,11H,7-10,12-13H2,(H,25,29)(H,26,31). The Hall–Kier alpha value is -2.84.